The fourth-order valence-electron chi connectivity index (χ4n) is 0.982. The Morgan fingerprint density at radius 3 is 3.08 bits per heavy atom. The Labute approximate surface area is 73.4 Å². The van der Waals surface area contributed by atoms with Gasteiger partial charge in [-0.1, -0.05) is 23.8 Å². The summed E-state index contributed by atoms with van der Waals surface area (Å²) in [6.45, 7) is 2.09. The SMILES string of the molecule is CN=CNC1=CC=C(C)C=CC1. The van der Waals surface area contributed by atoms with Crippen molar-refractivity contribution in [3.05, 3.63) is 35.6 Å². The van der Waals surface area contributed by atoms with Gasteiger partial charge in [0.15, 0.2) is 0 Å². The summed E-state index contributed by atoms with van der Waals surface area (Å²) >= 11 is 0. The Balaban J connectivity index is 2.61. The highest BCUT2D eigenvalue weighted by molar-refractivity contribution is 5.57. The standard InChI is InChI=1S/C10H14N2/c1-9-4-3-5-10(7-6-9)12-8-11-2/h3-4,6-8H,5H2,1-2H3,(H,11,12). The van der Waals surface area contributed by atoms with Crippen LogP contribution in [0.25, 0.3) is 0 Å². The van der Waals surface area contributed by atoms with E-state index in [4.69, 9.17) is 0 Å². The van der Waals surface area contributed by atoms with E-state index in [0.717, 1.165) is 6.42 Å². The Morgan fingerprint density at radius 2 is 2.33 bits per heavy atom. The minimum Gasteiger partial charge on any atom is -0.350 e. The number of allylic oxidation sites excluding steroid dienone is 5. The topological polar surface area (TPSA) is 24.4 Å². The van der Waals surface area contributed by atoms with Crippen molar-refractivity contribution in [2.24, 2.45) is 4.99 Å². The molecule has 12 heavy (non-hydrogen) atoms. The first-order chi connectivity index (χ1) is 5.83. The molecular weight excluding hydrogens is 148 g/mol. The molecule has 0 fully saturated rings. The fraction of sp³-hybridized carbons (Fsp3) is 0.300. The second-order valence-electron chi connectivity index (χ2n) is 2.74. The van der Waals surface area contributed by atoms with Crippen LogP contribution in [-0.2, 0) is 0 Å². The second kappa shape index (κ2) is 4.54. The van der Waals surface area contributed by atoms with Crippen LogP contribution in [0.1, 0.15) is 13.3 Å². The summed E-state index contributed by atoms with van der Waals surface area (Å²) in [5, 5.41) is 3.11. The third kappa shape index (κ3) is 2.74. The summed E-state index contributed by atoms with van der Waals surface area (Å²) in [5.74, 6) is 0. The summed E-state index contributed by atoms with van der Waals surface area (Å²) in [6, 6.07) is 0. The Hall–Kier alpha value is -1.31. The van der Waals surface area contributed by atoms with Crippen molar-refractivity contribution >= 4 is 6.34 Å². The molecule has 2 nitrogen and oxygen atoms in total. The summed E-state index contributed by atoms with van der Waals surface area (Å²) in [4.78, 5) is 3.86. The number of aliphatic imine (C=N–C) groups is 1. The van der Waals surface area contributed by atoms with E-state index in [9.17, 15) is 0 Å². The van der Waals surface area contributed by atoms with E-state index >= 15 is 0 Å². The number of nitrogens with zero attached hydrogens (tertiary/aromatic N) is 1. The van der Waals surface area contributed by atoms with Gasteiger partial charge in [-0.15, -0.1) is 0 Å². The van der Waals surface area contributed by atoms with Crippen LogP contribution in [0.3, 0.4) is 0 Å². The van der Waals surface area contributed by atoms with Gasteiger partial charge in [0, 0.05) is 19.2 Å². The summed E-state index contributed by atoms with van der Waals surface area (Å²) in [6.07, 6.45) is 11.1. The molecule has 64 valence electrons. The quantitative estimate of drug-likeness (QED) is 0.487. The largest absolute Gasteiger partial charge is 0.350 e. The molecule has 0 saturated carbocycles. The maximum absolute atomic E-state index is 3.86. The molecule has 0 radical (unpaired) electrons. The van der Waals surface area contributed by atoms with E-state index in [1.807, 2.05) is 0 Å². The van der Waals surface area contributed by atoms with Crippen LogP contribution in [0.2, 0.25) is 0 Å². The molecule has 0 aromatic rings. The summed E-state index contributed by atoms with van der Waals surface area (Å²) < 4.78 is 0. The first-order valence-electron chi connectivity index (χ1n) is 4.04. The van der Waals surface area contributed by atoms with Crippen molar-refractivity contribution in [1.82, 2.24) is 5.32 Å². The Kier molecular flexibility index (Phi) is 3.33. The average molecular weight is 162 g/mol. The van der Waals surface area contributed by atoms with Crippen LogP contribution in [-0.4, -0.2) is 13.4 Å². The number of rotatable bonds is 2. The van der Waals surface area contributed by atoms with E-state index in [-0.39, 0.29) is 0 Å². The zero-order valence-electron chi connectivity index (χ0n) is 7.54. The molecule has 0 bridgehead atoms. The van der Waals surface area contributed by atoms with E-state index in [2.05, 4.69) is 41.5 Å². The number of nitrogens with one attached hydrogen (secondary N) is 1. The molecule has 1 N–H and O–H groups in total. The predicted molar refractivity (Wildman–Crippen MR) is 53.1 cm³/mol. The van der Waals surface area contributed by atoms with Gasteiger partial charge in [-0.25, -0.2) is 0 Å². The highest BCUT2D eigenvalue weighted by Gasteiger charge is 1.93. The fourth-order valence-corrected chi connectivity index (χ4v) is 0.982. The van der Waals surface area contributed by atoms with E-state index < -0.39 is 0 Å². The van der Waals surface area contributed by atoms with Gasteiger partial charge in [0.05, 0.1) is 6.34 Å². The number of hydrogen-bond acceptors (Lipinski definition) is 1. The van der Waals surface area contributed by atoms with Gasteiger partial charge in [-0.05, 0) is 13.0 Å². The maximum Gasteiger partial charge on any atom is 0.0862 e. The van der Waals surface area contributed by atoms with Crippen LogP contribution in [0, 0.1) is 0 Å². The van der Waals surface area contributed by atoms with Crippen LogP contribution in [0.4, 0.5) is 0 Å². The van der Waals surface area contributed by atoms with E-state index in [1.54, 1.807) is 13.4 Å². The molecule has 1 aliphatic carbocycles. The monoisotopic (exact) mass is 162 g/mol. The van der Waals surface area contributed by atoms with Crippen LogP contribution in [0.15, 0.2) is 40.6 Å². The maximum atomic E-state index is 3.86. The molecule has 0 saturated heterocycles. The van der Waals surface area contributed by atoms with E-state index in [1.165, 1.54) is 11.3 Å². The molecule has 0 atom stereocenters. The minimum absolute atomic E-state index is 0.944. The zero-order chi connectivity index (χ0) is 8.81. The van der Waals surface area contributed by atoms with Crippen LogP contribution in [0.5, 0.6) is 0 Å². The molecule has 2 heteroatoms. The Bertz CT molecular complexity index is 257. The molecule has 0 spiro atoms. The molecule has 0 unspecified atom stereocenters. The molecular formula is C10H14N2. The van der Waals surface area contributed by atoms with Gasteiger partial charge in [0.1, 0.15) is 0 Å². The van der Waals surface area contributed by atoms with Crippen molar-refractivity contribution in [3.63, 3.8) is 0 Å². The second-order valence-corrected chi connectivity index (χ2v) is 2.74. The molecule has 0 aliphatic heterocycles. The lowest BCUT2D eigenvalue weighted by atomic mass is 10.3. The smallest absolute Gasteiger partial charge is 0.0862 e. The minimum atomic E-state index is 0.944. The predicted octanol–water partition coefficient (Wildman–Crippen LogP) is 2.02. The lowest BCUT2D eigenvalue weighted by Crippen LogP contribution is -2.09. The average Bonchev–Trinajstić information content (AvgIpc) is 2.27. The first kappa shape index (κ1) is 8.78. The Morgan fingerprint density at radius 1 is 1.50 bits per heavy atom. The summed E-state index contributed by atoms with van der Waals surface area (Å²) in [5.41, 5.74) is 2.45. The zero-order valence-corrected chi connectivity index (χ0v) is 7.54. The molecule has 0 amide bonds. The van der Waals surface area contributed by atoms with Crippen molar-refractivity contribution in [1.29, 1.82) is 0 Å². The summed E-state index contributed by atoms with van der Waals surface area (Å²) in [7, 11) is 1.75. The normalized spacial score (nSPS) is 17.2. The third-order valence-corrected chi connectivity index (χ3v) is 1.64. The third-order valence-electron chi connectivity index (χ3n) is 1.64. The lowest BCUT2D eigenvalue weighted by molar-refractivity contribution is 1.05. The van der Waals surface area contributed by atoms with Crippen LogP contribution >= 0.6 is 0 Å². The van der Waals surface area contributed by atoms with Crippen LogP contribution < -0.4 is 5.32 Å². The van der Waals surface area contributed by atoms with Crippen molar-refractivity contribution < 1.29 is 0 Å². The van der Waals surface area contributed by atoms with Gasteiger partial charge < -0.3 is 5.32 Å². The van der Waals surface area contributed by atoms with Gasteiger partial charge in [-0.2, -0.15) is 0 Å². The highest BCUT2D eigenvalue weighted by Crippen LogP contribution is 2.07. The molecule has 0 aromatic heterocycles. The van der Waals surface area contributed by atoms with Gasteiger partial charge in [0.2, 0.25) is 0 Å². The number of hydrogen-bond donors (Lipinski definition) is 1. The van der Waals surface area contributed by atoms with Crippen molar-refractivity contribution in [2.45, 2.75) is 13.3 Å². The van der Waals surface area contributed by atoms with E-state index in [0.29, 0.717) is 0 Å². The van der Waals surface area contributed by atoms with Gasteiger partial charge >= 0.3 is 0 Å². The molecule has 1 rings (SSSR count). The first-order valence-corrected chi connectivity index (χ1v) is 4.04. The van der Waals surface area contributed by atoms with Gasteiger partial charge in [0.25, 0.3) is 0 Å². The highest BCUT2D eigenvalue weighted by atomic mass is 14.9. The van der Waals surface area contributed by atoms with Gasteiger partial charge in [-0.3, -0.25) is 4.99 Å². The van der Waals surface area contributed by atoms with Crippen molar-refractivity contribution in [2.75, 3.05) is 7.05 Å². The lowest BCUT2D eigenvalue weighted by Gasteiger charge is -2.00. The van der Waals surface area contributed by atoms with Crippen molar-refractivity contribution in [3.8, 4) is 0 Å². The molecule has 0 heterocycles. The molecule has 0 aromatic carbocycles. The molecule has 1 aliphatic rings.